The van der Waals surface area contributed by atoms with Crippen LogP contribution in [0.25, 0.3) is 0 Å². The highest BCUT2D eigenvalue weighted by atomic mass is 32.2. The summed E-state index contributed by atoms with van der Waals surface area (Å²) in [5.74, 6) is 4.96. The first-order valence-electron chi connectivity index (χ1n) is 7.86. The molecule has 0 fully saturated rings. The van der Waals surface area contributed by atoms with Crippen LogP contribution in [0.1, 0.15) is 30.8 Å². The van der Waals surface area contributed by atoms with Crippen LogP contribution in [0.4, 0.5) is 16.0 Å². The fourth-order valence-electron chi connectivity index (χ4n) is 2.63. The van der Waals surface area contributed by atoms with Crippen LogP contribution in [0, 0.1) is 17.0 Å². The van der Waals surface area contributed by atoms with Crippen molar-refractivity contribution in [2.45, 2.75) is 39.0 Å². The summed E-state index contributed by atoms with van der Waals surface area (Å²) in [6.45, 7) is 7.62. The Morgan fingerprint density at radius 3 is 2.88 bits per heavy atom. The first kappa shape index (κ1) is 17.9. The Morgan fingerprint density at radius 1 is 1.48 bits per heavy atom. The van der Waals surface area contributed by atoms with Gasteiger partial charge in [0.15, 0.2) is 5.13 Å². The smallest absolute Gasteiger partial charge is 0.316 e. The average Bonchev–Trinajstić information content (AvgIpc) is 2.94. The maximum Gasteiger partial charge on any atom is 0.348 e. The quantitative estimate of drug-likeness (QED) is 0.483. The van der Waals surface area contributed by atoms with E-state index in [1.807, 2.05) is 0 Å². The molecule has 2 aromatic heterocycles. The molecule has 2 aromatic rings. The Labute approximate surface area is 152 Å². The van der Waals surface area contributed by atoms with Gasteiger partial charge in [-0.1, -0.05) is 19.7 Å². The summed E-state index contributed by atoms with van der Waals surface area (Å²) in [5, 5.41) is 15.2. The largest absolute Gasteiger partial charge is 0.348 e. The molecule has 3 heterocycles. The summed E-state index contributed by atoms with van der Waals surface area (Å²) in [5.41, 5.74) is 2.43. The summed E-state index contributed by atoms with van der Waals surface area (Å²) >= 11 is 1.02. The Morgan fingerprint density at radius 2 is 2.24 bits per heavy atom. The zero-order chi connectivity index (χ0) is 18.1. The molecule has 0 amide bonds. The molecular formula is C15H20N6O2S2. The molecule has 0 saturated heterocycles. The molecule has 0 spiro atoms. The molecule has 0 radical (unpaired) electrons. The van der Waals surface area contributed by atoms with Gasteiger partial charge in [-0.15, -0.1) is 10.7 Å². The van der Waals surface area contributed by atoms with Gasteiger partial charge in [-0.2, -0.15) is 0 Å². The van der Waals surface area contributed by atoms with Crippen molar-refractivity contribution < 1.29 is 4.92 Å². The minimum Gasteiger partial charge on any atom is -0.316 e. The van der Waals surface area contributed by atoms with Crippen LogP contribution in [0.2, 0.25) is 0 Å². The normalized spacial score (nSPS) is 15.8. The standard InChI is InChI=1S/C15H20N6O2S2/c1-9(2)25(4)20-6-5-12-11(7-20)13(17-8-16-12)19-15-18-10(3)14(24-15)21(22)23/h8-9H,4-7H2,1-3H3,(H,16,17,18,19). The Hall–Kier alpha value is -1.91. The Kier molecular flexibility index (Phi) is 5.11. The van der Waals surface area contributed by atoms with E-state index in [4.69, 9.17) is 0 Å². The number of anilines is 2. The van der Waals surface area contributed by atoms with Crippen molar-refractivity contribution in [3.05, 3.63) is 33.4 Å². The van der Waals surface area contributed by atoms with Gasteiger partial charge >= 0.3 is 5.00 Å². The minimum absolute atomic E-state index is 0.0474. The third-order valence-corrected chi connectivity index (χ3v) is 7.09. The summed E-state index contributed by atoms with van der Waals surface area (Å²) < 4.78 is 2.34. The maximum atomic E-state index is 11.0. The van der Waals surface area contributed by atoms with Crippen molar-refractivity contribution in [3.63, 3.8) is 0 Å². The van der Waals surface area contributed by atoms with Gasteiger partial charge in [-0.3, -0.25) is 14.4 Å². The van der Waals surface area contributed by atoms with Crippen molar-refractivity contribution in [3.8, 4) is 0 Å². The monoisotopic (exact) mass is 380 g/mol. The molecule has 1 aliphatic rings. The molecule has 3 rings (SSSR count). The lowest BCUT2D eigenvalue weighted by Crippen LogP contribution is -2.29. The third-order valence-electron chi connectivity index (χ3n) is 4.01. The molecule has 25 heavy (non-hydrogen) atoms. The fraction of sp³-hybridized carbons (Fsp3) is 0.467. The third kappa shape index (κ3) is 3.70. The second-order valence-corrected chi connectivity index (χ2v) is 9.24. The van der Waals surface area contributed by atoms with Gasteiger partial charge in [0.2, 0.25) is 0 Å². The van der Waals surface area contributed by atoms with E-state index in [0.29, 0.717) is 21.9 Å². The van der Waals surface area contributed by atoms with Crippen molar-refractivity contribution >= 4 is 43.8 Å². The highest BCUT2D eigenvalue weighted by Gasteiger charge is 2.24. The lowest BCUT2D eigenvalue weighted by molar-refractivity contribution is -0.380. The second-order valence-electron chi connectivity index (χ2n) is 6.00. The van der Waals surface area contributed by atoms with E-state index in [-0.39, 0.29) is 15.7 Å². The number of hydrogen-bond donors (Lipinski definition) is 1. The predicted octanol–water partition coefficient (Wildman–Crippen LogP) is 3.28. The fourth-order valence-corrected chi connectivity index (χ4v) is 4.63. The van der Waals surface area contributed by atoms with E-state index < -0.39 is 4.92 Å². The number of nitrogens with one attached hydrogen (secondary N) is 1. The van der Waals surface area contributed by atoms with Gasteiger partial charge in [-0.25, -0.2) is 15.0 Å². The van der Waals surface area contributed by atoms with E-state index in [9.17, 15) is 10.1 Å². The van der Waals surface area contributed by atoms with E-state index in [1.54, 1.807) is 6.92 Å². The number of aryl methyl sites for hydroxylation is 1. The first-order chi connectivity index (χ1) is 11.9. The number of rotatable bonds is 5. The van der Waals surface area contributed by atoms with Gasteiger partial charge in [0.1, 0.15) is 17.8 Å². The number of nitro groups is 1. The van der Waals surface area contributed by atoms with Crippen LogP contribution in [0.3, 0.4) is 0 Å². The zero-order valence-corrected chi connectivity index (χ0v) is 16.0. The number of aromatic nitrogens is 3. The number of thiazole rings is 1. The molecule has 8 nitrogen and oxygen atoms in total. The van der Waals surface area contributed by atoms with Crippen molar-refractivity contribution in [1.82, 2.24) is 19.3 Å². The van der Waals surface area contributed by atoms with E-state index in [2.05, 4.69) is 44.3 Å². The summed E-state index contributed by atoms with van der Waals surface area (Å²) in [6, 6.07) is 0. The van der Waals surface area contributed by atoms with Gasteiger partial charge in [0, 0.05) is 30.3 Å². The summed E-state index contributed by atoms with van der Waals surface area (Å²) in [4.78, 5) is 23.6. The average molecular weight is 380 g/mol. The van der Waals surface area contributed by atoms with Gasteiger partial charge < -0.3 is 5.32 Å². The minimum atomic E-state index is -0.410. The van der Waals surface area contributed by atoms with Crippen molar-refractivity contribution in [2.75, 3.05) is 11.9 Å². The molecule has 10 heteroatoms. The first-order valence-corrected chi connectivity index (χ1v) is 10.1. The number of nitrogens with zero attached hydrogens (tertiary/aromatic N) is 5. The van der Waals surface area contributed by atoms with Gasteiger partial charge in [-0.05, 0) is 18.3 Å². The van der Waals surface area contributed by atoms with Gasteiger partial charge in [0.05, 0.1) is 10.6 Å². The Bertz CT molecular complexity index is 835. The van der Waals surface area contributed by atoms with Crippen LogP contribution in [0.5, 0.6) is 0 Å². The molecule has 134 valence electrons. The molecule has 1 unspecified atom stereocenters. The van der Waals surface area contributed by atoms with Crippen LogP contribution >= 0.6 is 22.0 Å². The van der Waals surface area contributed by atoms with Crippen molar-refractivity contribution in [2.24, 2.45) is 0 Å². The molecule has 0 aliphatic carbocycles. The predicted molar refractivity (Wildman–Crippen MR) is 103 cm³/mol. The lowest BCUT2D eigenvalue weighted by Gasteiger charge is -2.32. The van der Waals surface area contributed by atoms with Gasteiger partial charge in [0.25, 0.3) is 0 Å². The topological polar surface area (TPSA) is 97.1 Å². The lowest BCUT2D eigenvalue weighted by atomic mass is 10.1. The zero-order valence-electron chi connectivity index (χ0n) is 14.4. The molecule has 1 aliphatic heterocycles. The van der Waals surface area contributed by atoms with E-state index in [0.717, 1.165) is 42.1 Å². The van der Waals surface area contributed by atoms with Crippen molar-refractivity contribution in [1.29, 1.82) is 0 Å². The van der Waals surface area contributed by atoms with E-state index >= 15 is 0 Å². The van der Waals surface area contributed by atoms with E-state index in [1.165, 1.54) is 6.33 Å². The number of hydrogen-bond acceptors (Lipinski definition) is 8. The van der Waals surface area contributed by atoms with Crippen LogP contribution < -0.4 is 5.32 Å². The molecule has 1 atom stereocenters. The molecule has 0 saturated carbocycles. The van der Waals surface area contributed by atoms with Crippen LogP contribution in [-0.2, 0) is 13.0 Å². The molecular weight excluding hydrogens is 360 g/mol. The molecule has 0 bridgehead atoms. The second kappa shape index (κ2) is 7.14. The summed E-state index contributed by atoms with van der Waals surface area (Å²) in [7, 11) is -0.0783. The number of fused-ring (bicyclic) bond motifs is 1. The highest BCUT2D eigenvalue weighted by Crippen LogP contribution is 2.35. The maximum absolute atomic E-state index is 11.0. The summed E-state index contributed by atoms with van der Waals surface area (Å²) in [6.07, 6.45) is 2.37. The Balaban J connectivity index is 1.88. The van der Waals surface area contributed by atoms with Crippen LogP contribution in [0.15, 0.2) is 6.33 Å². The van der Waals surface area contributed by atoms with Crippen LogP contribution in [-0.4, -0.2) is 41.8 Å². The molecule has 1 N–H and O–H groups in total. The SMILES string of the molecule is C=S(C(C)C)N1CCc2ncnc(Nc3nc(C)c([N+](=O)[O-])s3)c2C1. The molecule has 0 aromatic carbocycles. The highest BCUT2D eigenvalue weighted by molar-refractivity contribution is 8.12.